The molecule has 0 spiro atoms. The summed E-state index contributed by atoms with van der Waals surface area (Å²) in [5, 5.41) is 11.0. The van der Waals surface area contributed by atoms with Crippen molar-refractivity contribution in [2.45, 2.75) is 19.0 Å². The fourth-order valence-electron chi connectivity index (χ4n) is 1.00. The number of hydrogen-bond donors (Lipinski definition) is 1. The Kier molecular flexibility index (Phi) is 4.40. The van der Waals surface area contributed by atoms with Gasteiger partial charge in [0, 0.05) is 4.47 Å². The molecule has 16 heavy (non-hydrogen) atoms. The van der Waals surface area contributed by atoms with Crippen molar-refractivity contribution in [3.8, 4) is 0 Å². The Labute approximate surface area is 103 Å². The SMILES string of the molecule is CCOC(=O)C(F)(F)C(O)c1sccc1Br. The van der Waals surface area contributed by atoms with Crippen molar-refractivity contribution < 1.29 is 23.4 Å². The molecule has 1 aromatic heterocycles. The van der Waals surface area contributed by atoms with Gasteiger partial charge in [-0.2, -0.15) is 8.78 Å². The van der Waals surface area contributed by atoms with Crippen LogP contribution in [0.1, 0.15) is 17.9 Å². The summed E-state index contributed by atoms with van der Waals surface area (Å²) in [6, 6.07) is 1.52. The maximum Gasteiger partial charge on any atom is 0.380 e. The zero-order valence-corrected chi connectivity index (χ0v) is 10.6. The normalized spacial score (nSPS) is 13.6. The van der Waals surface area contributed by atoms with Crippen LogP contribution < -0.4 is 0 Å². The Bertz CT molecular complexity index is 381. The van der Waals surface area contributed by atoms with Crippen molar-refractivity contribution in [1.82, 2.24) is 0 Å². The maximum absolute atomic E-state index is 13.4. The second-order valence-electron chi connectivity index (χ2n) is 2.88. The highest BCUT2D eigenvalue weighted by molar-refractivity contribution is 9.10. The Hall–Kier alpha value is -0.530. The van der Waals surface area contributed by atoms with Gasteiger partial charge in [0.05, 0.1) is 11.5 Å². The largest absolute Gasteiger partial charge is 0.461 e. The zero-order chi connectivity index (χ0) is 12.3. The van der Waals surface area contributed by atoms with Gasteiger partial charge in [-0.1, -0.05) is 0 Å². The highest BCUT2D eigenvalue weighted by atomic mass is 79.9. The van der Waals surface area contributed by atoms with Gasteiger partial charge in [0.15, 0.2) is 6.10 Å². The average molecular weight is 315 g/mol. The van der Waals surface area contributed by atoms with Crippen LogP contribution in [0.25, 0.3) is 0 Å². The standard InChI is InChI=1S/C9H9BrF2O3S/c1-2-15-8(14)9(11,12)7(13)6-5(10)3-4-16-6/h3-4,7,13H,2H2,1H3. The minimum Gasteiger partial charge on any atom is -0.461 e. The van der Waals surface area contributed by atoms with Gasteiger partial charge in [-0.15, -0.1) is 11.3 Å². The summed E-state index contributed by atoms with van der Waals surface area (Å²) >= 11 is 3.95. The smallest absolute Gasteiger partial charge is 0.380 e. The van der Waals surface area contributed by atoms with E-state index in [1.807, 2.05) is 0 Å². The molecule has 0 fully saturated rings. The molecule has 1 unspecified atom stereocenters. The molecule has 1 N–H and O–H groups in total. The van der Waals surface area contributed by atoms with E-state index in [2.05, 4.69) is 20.7 Å². The number of carbonyl (C=O) groups is 1. The fourth-order valence-corrected chi connectivity index (χ4v) is 2.62. The van der Waals surface area contributed by atoms with Crippen LogP contribution in [-0.2, 0) is 9.53 Å². The van der Waals surface area contributed by atoms with Crippen LogP contribution in [0, 0.1) is 0 Å². The predicted octanol–water partition coefficient (Wildman–Crippen LogP) is 2.74. The first-order valence-corrected chi connectivity index (χ1v) is 6.04. The molecule has 0 saturated carbocycles. The van der Waals surface area contributed by atoms with Crippen LogP contribution in [0.4, 0.5) is 8.78 Å². The maximum atomic E-state index is 13.4. The van der Waals surface area contributed by atoms with Gasteiger partial charge in [0.25, 0.3) is 0 Å². The molecule has 7 heteroatoms. The summed E-state index contributed by atoms with van der Waals surface area (Å²) in [6.45, 7) is 1.26. The highest BCUT2D eigenvalue weighted by Gasteiger charge is 2.50. The Morgan fingerprint density at radius 1 is 1.75 bits per heavy atom. The first kappa shape index (κ1) is 13.5. The number of aliphatic hydroxyl groups is 1. The molecule has 1 heterocycles. The van der Waals surface area contributed by atoms with Crippen LogP contribution in [0.15, 0.2) is 15.9 Å². The van der Waals surface area contributed by atoms with Crippen molar-refractivity contribution in [2.75, 3.05) is 6.61 Å². The first-order chi connectivity index (χ1) is 7.41. The van der Waals surface area contributed by atoms with Crippen molar-refractivity contribution >= 4 is 33.2 Å². The first-order valence-electron chi connectivity index (χ1n) is 4.37. The number of aliphatic hydroxyl groups excluding tert-OH is 1. The molecule has 1 rings (SSSR count). The topological polar surface area (TPSA) is 46.5 Å². The predicted molar refractivity (Wildman–Crippen MR) is 58.6 cm³/mol. The van der Waals surface area contributed by atoms with Crippen LogP contribution in [0.5, 0.6) is 0 Å². The highest BCUT2D eigenvalue weighted by Crippen LogP contribution is 2.38. The molecule has 0 radical (unpaired) electrons. The minimum absolute atomic E-state index is 0.00180. The molecular formula is C9H9BrF2O3S. The number of halogens is 3. The lowest BCUT2D eigenvalue weighted by Crippen LogP contribution is -2.37. The van der Waals surface area contributed by atoms with Gasteiger partial charge in [-0.05, 0) is 34.3 Å². The second kappa shape index (κ2) is 5.20. The van der Waals surface area contributed by atoms with Gasteiger partial charge < -0.3 is 9.84 Å². The average Bonchev–Trinajstić information content (AvgIpc) is 2.63. The summed E-state index contributed by atoms with van der Waals surface area (Å²) in [7, 11) is 0. The van der Waals surface area contributed by atoms with E-state index in [-0.39, 0.29) is 11.5 Å². The van der Waals surface area contributed by atoms with Gasteiger partial charge in [-0.25, -0.2) is 4.79 Å². The third-order valence-corrected chi connectivity index (χ3v) is 3.71. The third kappa shape index (κ3) is 2.58. The summed E-state index contributed by atoms with van der Waals surface area (Å²) in [5.41, 5.74) is 0. The van der Waals surface area contributed by atoms with Gasteiger partial charge in [0.1, 0.15) is 0 Å². The summed E-state index contributed by atoms with van der Waals surface area (Å²) < 4.78 is 31.4. The van der Waals surface area contributed by atoms with E-state index in [1.165, 1.54) is 18.4 Å². The number of thiophene rings is 1. The van der Waals surface area contributed by atoms with Crippen molar-refractivity contribution in [3.63, 3.8) is 0 Å². The summed E-state index contributed by atoms with van der Waals surface area (Å²) in [6.07, 6.45) is -2.19. The molecule has 0 amide bonds. The van der Waals surface area contributed by atoms with E-state index in [0.717, 1.165) is 11.3 Å². The summed E-state index contributed by atoms with van der Waals surface area (Å²) in [5.74, 6) is -5.66. The molecule has 0 bridgehead atoms. The zero-order valence-electron chi connectivity index (χ0n) is 8.25. The van der Waals surface area contributed by atoms with E-state index in [9.17, 15) is 18.7 Å². The number of alkyl halides is 2. The van der Waals surface area contributed by atoms with E-state index < -0.39 is 18.0 Å². The van der Waals surface area contributed by atoms with Crippen LogP contribution in [0.2, 0.25) is 0 Å². The lowest BCUT2D eigenvalue weighted by Gasteiger charge is -2.19. The minimum atomic E-state index is -3.94. The monoisotopic (exact) mass is 314 g/mol. The lowest BCUT2D eigenvalue weighted by atomic mass is 10.1. The lowest BCUT2D eigenvalue weighted by molar-refractivity contribution is -0.188. The molecule has 90 valence electrons. The van der Waals surface area contributed by atoms with Gasteiger partial charge in [-0.3, -0.25) is 0 Å². The van der Waals surface area contributed by atoms with Gasteiger partial charge >= 0.3 is 11.9 Å². The van der Waals surface area contributed by atoms with Crippen molar-refractivity contribution in [1.29, 1.82) is 0 Å². The van der Waals surface area contributed by atoms with Crippen LogP contribution in [-0.4, -0.2) is 23.6 Å². The number of rotatable bonds is 4. The quantitative estimate of drug-likeness (QED) is 0.869. The molecule has 0 aromatic carbocycles. The van der Waals surface area contributed by atoms with Crippen molar-refractivity contribution in [2.24, 2.45) is 0 Å². The summed E-state index contributed by atoms with van der Waals surface area (Å²) in [4.78, 5) is 11.0. The molecule has 1 atom stereocenters. The van der Waals surface area contributed by atoms with Crippen LogP contribution >= 0.6 is 27.3 Å². The van der Waals surface area contributed by atoms with E-state index in [1.54, 1.807) is 0 Å². The number of carbonyl (C=O) groups excluding carboxylic acids is 1. The molecule has 1 aromatic rings. The van der Waals surface area contributed by atoms with Crippen LogP contribution in [0.3, 0.4) is 0 Å². The van der Waals surface area contributed by atoms with Gasteiger partial charge in [0.2, 0.25) is 0 Å². The number of ether oxygens (including phenoxy) is 1. The molecular weight excluding hydrogens is 306 g/mol. The molecule has 3 nitrogen and oxygen atoms in total. The van der Waals surface area contributed by atoms with E-state index in [4.69, 9.17) is 0 Å². The number of hydrogen-bond acceptors (Lipinski definition) is 4. The Morgan fingerprint density at radius 2 is 2.38 bits per heavy atom. The third-order valence-electron chi connectivity index (χ3n) is 1.78. The Morgan fingerprint density at radius 3 is 2.81 bits per heavy atom. The fraction of sp³-hybridized carbons (Fsp3) is 0.444. The molecule has 0 saturated heterocycles. The molecule has 0 aliphatic rings. The van der Waals surface area contributed by atoms with E-state index in [0.29, 0.717) is 4.47 Å². The van der Waals surface area contributed by atoms with E-state index >= 15 is 0 Å². The number of esters is 1. The molecule has 0 aliphatic carbocycles. The second-order valence-corrected chi connectivity index (χ2v) is 4.68. The molecule has 0 aliphatic heterocycles. The van der Waals surface area contributed by atoms with Crippen molar-refractivity contribution in [3.05, 3.63) is 20.8 Å². The Balaban J connectivity index is 2.92.